The summed E-state index contributed by atoms with van der Waals surface area (Å²) in [6.07, 6.45) is -0.724. The van der Waals surface area contributed by atoms with Gasteiger partial charge in [-0.15, -0.1) is 11.3 Å². The molecule has 0 spiro atoms. The molecule has 3 rings (SSSR count). The minimum absolute atomic E-state index is 0.341. The van der Waals surface area contributed by atoms with E-state index in [1.54, 1.807) is 19.1 Å². The predicted octanol–water partition coefficient (Wildman–Crippen LogP) is 4.92. The molecule has 2 aromatic carbocycles. The number of aryl methyl sites for hydroxylation is 1. The molecule has 0 saturated heterocycles. The topological polar surface area (TPSA) is 64.6 Å². The lowest BCUT2D eigenvalue weighted by atomic mass is 10.0. The van der Waals surface area contributed by atoms with Crippen molar-refractivity contribution in [3.05, 3.63) is 71.1 Å². The van der Waals surface area contributed by atoms with Crippen molar-refractivity contribution in [2.24, 2.45) is 0 Å². The molecule has 0 unspecified atom stereocenters. The van der Waals surface area contributed by atoms with Gasteiger partial charge in [0.15, 0.2) is 6.10 Å². The van der Waals surface area contributed by atoms with Crippen molar-refractivity contribution in [1.29, 1.82) is 0 Å². The molecule has 0 radical (unpaired) electrons. The van der Waals surface area contributed by atoms with Gasteiger partial charge in [0.2, 0.25) is 0 Å². The standard InChI is InChI=1S/C22H21NO4S/c1-14-9-11-16(12-10-14)18-13-28-21(19(18)22(25)26-3)23-20(24)15(2)27-17-7-5-4-6-8-17/h4-13,15H,1-3H3,(H,23,24)/t15-/m1/s1. The third kappa shape index (κ3) is 4.40. The summed E-state index contributed by atoms with van der Waals surface area (Å²) < 4.78 is 10.6. The Kier molecular flexibility index (Phi) is 6.11. The van der Waals surface area contributed by atoms with Crippen molar-refractivity contribution in [3.63, 3.8) is 0 Å². The largest absolute Gasteiger partial charge is 0.481 e. The Labute approximate surface area is 167 Å². The van der Waals surface area contributed by atoms with Crippen LogP contribution in [-0.2, 0) is 9.53 Å². The zero-order valence-electron chi connectivity index (χ0n) is 15.9. The fourth-order valence-corrected chi connectivity index (χ4v) is 3.63. The van der Waals surface area contributed by atoms with Gasteiger partial charge in [0.1, 0.15) is 16.3 Å². The number of anilines is 1. The zero-order valence-corrected chi connectivity index (χ0v) is 16.7. The Bertz CT molecular complexity index is 964. The molecule has 6 heteroatoms. The Hall–Kier alpha value is -3.12. The highest BCUT2D eigenvalue weighted by molar-refractivity contribution is 7.15. The fraction of sp³-hybridized carbons (Fsp3) is 0.182. The fourth-order valence-electron chi connectivity index (χ4n) is 2.67. The monoisotopic (exact) mass is 395 g/mol. The number of ether oxygens (including phenoxy) is 2. The van der Waals surface area contributed by atoms with E-state index in [9.17, 15) is 9.59 Å². The van der Waals surface area contributed by atoms with Crippen molar-refractivity contribution in [2.45, 2.75) is 20.0 Å². The first-order valence-corrected chi connectivity index (χ1v) is 9.67. The van der Waals surface area contributed by atoms with Crippen LogP contribution in [0.3, 0.4) is 0 Å². The number of rotatable bonds is 6. The number of carbonyl (C=O) groups is 2. The van der Waals surface area contributed by atoms with Gasteiger partial charge in [-0.3, -0.25) is 4.79 Å². The molecule has 5 nitrogen and oxygen atoms in total. The first kappa shape index (κ1) is 19.6. The summed E-state index contributed by atoms with van der Waals surface area (Å²) in [5.41, 5.74) is 3.08. The van der Waals surface area contributed by atoms with Crippen molar-refractivity contribution < 1.29 is 19.1 Å². The first-order valence-electron chi connectivity index (χ1n) is 8.79. The number of methoxy groups -OCH3 is 1. The van der Waals surface area contributed by atoms with E-state index in [0.717, 1.165) is 16.7 Å². The predicted molar refractivity (Wildman–Crippen MR) is 111 cm³/mol. The van der Waals surface area contributed by atoms with E-state index < -0.39 is 12.1 Å². The van der Waals surface area contributed by atoms with Crippen molar-refractivity contribution >= 4 is 28.2 Å². The number of thiophene rings is 1. The van der Waals surface area contributed by atoms with Crippen LogP contribution >= 0.6 is 11.3 Å². The van der Waals surface area contributed by atoms with Crippen LogP contribution in [0.1, 0.15) is 22.8 Å². The van der Waals surface area contributed by atoms with Gasteiger partial charge in [-0.2, -0.15) is 0 Å². The van der Waals surface area contributed by atoms with Gasteiger partial charge >= 0.3 is 5.97 Å². The van der Waals surface area contributed by atoms with Crippen LogP contribution in [0.4, 0.5) is 5.00 Å². The lowest BCUT2D eigenvalue weighted by Crippen LogP contribution is -2.30. The number of hydrogen-bond acceptors (Lipinski definition) is 5. The molecule has 0 aliphatic carbocycles. The van der Waals surface area contributed by atoms with Crippen LogP contribution < -0.4 is 10.1 Å². The summed E-state index contributed by atoms with van der Waals surface area (Å²) in [5.74, 6) is -0.236. The summed E-state index contributed by atoms with van der Waals surface area (Å²) in [6.45, 7) is 3.66. The molecule has 0 fully saturated rings. The molecule has 0 aliphatic rings. The van der Waals surface area contributed by atoms with Crippen molar-refractivity contribution in [3.8, 4) is 16.9 Å². The molecule has 1 heterocycles. The molecule has 1 N–H and O–H groups in total. The number of hydrogen-bond donors (Lipinski definition) is 1. The quantitative estimate of drug-likeness (QED) is 0.602. The summed E-state index contributed by atoms with van der Waals surface area (Å²) in [4.78, 5) is 25.0. The Balaban J connectivity index is 1.84. The second-order valence-electron chi connectivity index (χ2n) is 6.27. The van der Waals surface area contributed by atoms with E-state index in [2.05, 4.69) is 5.32 Å². The zero-order chi connectivity index (χ0) is 20.1. The summed E-state index contributed by atoms with van der Waals surface area (Å²) in [6, 6.07) is 16.9. The van der Waals surface area contributed by atoms with E-state index in [4.69, 9.17) is 9.47 Å². The van der Waals surface area contributed by atoms with Gasteiger partial charge in [-0.1, -0.05) is 48.0 Å². The van der Waals surface area contributed by atoms with Crippen LogP contribution in [0.25, 0.3) is 11.1 Å². The van der Waals surface area contributed by atoms with Gasteiger partial charge in [0, 0.05) is 10.9 Å². The summed E-state index contributed by atoms with van der Waals surface area (Å²) in [5, 5.41) is 5.08. The van der Waals surface area contributed by atoms with E-state index in [1.165, 1.54) is 18.4 Å². The maximum Gasteiger partial charge on any atom is 0.341 e. The van der Waals surface area contributed by atoms with Gasteiger partial charge in [0.25, 0.3) is 5.91 Å². The van der Waals surface area contributed by atoms with Gasteiger partial charge in [0.05, 0.1) is 7.11 Å². The normalized spacial score (nSPS) is 11.5. The first-order chi connectivity index (χ1) is 13.5. The van der Waals surface area contributed by atoms with Crippen LogP contribution in [0.15, 0.2) is 60.0 Å². The van der Waals surface area contributed by atoms with Crippen molar-refractivity contribution in [2.75, 3.05) is 12.4 Å². The highest BCUT2D eigenvalue weighted by Crippen LogP contribution is 2.36. The van der Waals surface area contributed by atoms with Gasteiger partial charge in [-0.05, 0) is 31.5 Å². The molecule has 1 amide bonds. The van der Waals surface area contributed by atoms with E-state index in [0.29, 0.717) is 16.3 Å². The third-order valence-electron chi connectivity index (χ3n) is 4.21. The number of esters is 1. The average molecular weight is 395 g/mol. The molecular weight excluding hydrogens is 374 g/mol. The van der Waals surface area contributed by atoms with E-state index in [-0.39, 0.29) is 5.91 Å². The number of nitrogens with one attached hydrogen (secondary N) is 1. The Morgan fingerprint density at radius 3 is 2.36 bits per heavy atom. The number of carbonyl (C=O) groups excluding carboxylic acids is 2. The van der Waals surface area contributed by atoms with Gasteiger partial charge < -0.3 is 14.8 Å². The number of para-hydroxylation sites is 1. The second kappa shape index (κ2) is 8.71. The molecular formula is C22H21NO4S. The average Bonchev–Trinajstić information content (AvgIpc) is 3.12. The SMILES string of the molecule is COC(=O)c1c(-c2ccc(C)cc2)csc1NC(=O)[C@@H](C)Oc1ccccc1. The highest BCUT2D eigenvalue weighted by Gasteiger charge is 2.24. The van der Waals surface area contributed by atoms with Crippen molar-refractivity contribution in [1.82, 2.24) is 0 Å². The molecule has 1 aromatic heterocycles. The van der Waals surface area contributed by atoms with Crippen LogP contribution in [0, 0.1) is 6.92 Å². The smallest absolute Gasteiger partial charge is 0.341 e. The minimum atomic E-state index is -0.724. The molecule has 28 heavy (non-hydrogen) atoms. The van der Waals surface area contributed by atoms with Crippen LogP contribution in [0.5, 0.6) is 5.75 Å². The molecule has 1 atom stereocenters. The molecule has 144 valence electrons. The molecule has 0 bridgehead atoms. The van der Waals surface area contributed by atoms with E-state index in [1.807, 2.05) is 54.8 Å². The Morgan fingerprint density at radius 2 is 1.71 bits per heavy atom. The minimum Gasteiger partial charge on any atom is -0.481 e. The lowest BCUT2D eigenvalue weighted by molar-refractivity contribution is -0.122. The maximum absolute atomic E-state index is 12.6. The lowest BCUT2D eigenvalue weighted by Gasteiger charge is -2.14. The summed E-state index contributed by atoms with van der Waals surface area (Å²) >= 11 is 1.28. The summed E-state index contributed by atoms with van der Waals surface area (Å²) in [7, 11) is 1.33. The molecule has 0 aliphatic heterocycles. The van der Waals surface area contributed by atoms with E-state index >= 15 is 0 Å². The Morgan fingerprint density at radius 1 is 1.04 bits per heavy atom. The number of amides is 1. The highest BCUT2D eigenvalue weighted by atomic mass is 32.1. The molecule has 3 aromatic rings. The molecule has 0 saturated carbocycles. The van der Waals surface area contributed by atoms with Crippen LogP contribution in [0.2, 0.25) is 0 Å². The third-order valence-corrected chi connectivity index (χ3v) is 5.10. The van der Waals surface area contributed by atoms with Gasteiger partial charge in [-0.25, -0.2) is 4.79 Å². The second-order valence-corrected chi connectivity index (χ2v) is 7.15. The maximum atomic E-state index is 12.6. The number of benzene rings is 2. The van der Waals surface area contributed by atoms with Crippen LogP contribution in [-0.4, -0.2) is 25.1 Å².